The van der Waals surface area contributed by atoms with Crippen molar-refractivity contribution in [1.29, 1.82) is 0 Å². The van der Waals surface area contributed by atoms with Gasteiger partial charge in [0.25, 0.3) is 0 Å². The van der Waals surface area contributed by atoms with Crippen LogP contribution >= 0.6 is 0 Å². The van der Waals surface area contributed by atoms with Crippen molar-refractivity contribution in [3.8, 4) is 0 Å². The molecule has 0 saturated carbocycles. The SMILES string of the molecule is COCCNC(C(=O)OC)c1ccccc1C. The van der Waals surface area contributed by atoms with Gasteiger partial charge in [-0.05, 0) is 18.1 Å². The first-order valence-corrected chi connectivity index (χ1v) is 5.56. The molecule has 0 fully saturated rings. The van der Waals surface area contributed by atoms with E-state index in [0.29, 0.717) is 13.2 Å². The highest BCUT2D eigenvalue weighted by atomic mass is 16.5. The van der Waals surface area contributed by atoms with Crippen LogP contribution in [-0.2, 0) is 14.3 Å². The molecule has 1 atom stereocenters. The van der Waals surface area contributed by atoms with Crippen LogP contribution in [0.3, 0.4) is 0 Å². The first-order chi connectivity index (χ1) is 8.20. The fourth-order valence-corrected chi connectivity index (χ4v) is 1.65. The predicted molar refractivity (Wildman–Crippen MR) is 65.8 cm³/mol. The fraction of sp³-hybridized carbons (Fsp3) is 0.462. The quantitative estimate of drug-likeness (QED) is 0.601. The van der Waals surface area contributed by atoms with Crippen molar-refractivity contribution in [1.82, 2.24) is 5.32 Å². The Morgan fingerprint density at radius 3 is 2.65 bits per heavy atom. The molecule has 4 heteroatoms. The lowest BCUT2D eigenvalue weighted by atomic mass is 10.0. The molecular weight excluding hydrogens is 218 g/mol. The highest BCUT2D eigenvalue weighted by molar-refractivity contribution is 5.78. The Balaban J connectivity index is 2.82. The zero-order chi connectivity index (χ0) is 12.7. The average Bonchev–Trinajstić information content (AvgIpc) is 2.35. The van der Waals surface area contributed by atoms with Crippen LogP contribution in [0.1, 0.15) is 17.2 Å². The minimum absolute atomic E-state index is 0.282. The van der Waals surface area contributed by atoms with Crippen LogP contribution in [0.5, 0.6) is 0 Å². The lowest BCUT2D eigenvalue weighted by Crippen LogP contribution is -2.32. The van der Waals surface area contributed by atoms with Gasteiger partial charge in [-0.25, -0.2) is 4.79 Å². The van der Waals surface area contributed by atoms with Gasteiger partial charge in [0.15, 0.2) is 0 Å². The number of hydrogen-bond acceptors (Lipinski definition) is 4. The molecule has 0 aliphatic heterocycles. The summed E-state index contributed by atoms with van der Waals surface area (Å²) in [6.45, 7) is 3.13. The third-order valence-electron chi connectivity index (χ3n) is 2.59. The highest BCUT2D eigenvalue weighted by Gasteiger charge is 2.21. The van der Waals surface area contributed by atoms with E-state index in [4.69, 9.17) is 9.47 Å². The summed E-state index contributed by atoms with van der Waals surface area (Å²) >= 11 is 0. The van der Waals surface area contributed by atoms with Crippen molar-refractivity contribution in [2.75, 3.05) is 27.4 Å². The van der Waals surface area contributed by atoms with Crippen molar-refractivity contribution >= 4 is 5.97 Å². The number of benzene rings is 1. The molecule has 0 amide bonds. The van der Waals surface area contributed by atoms with Crippen molar-refractivity contribution in [2.45, 2.75) is 13.0 Å². The van der Waals surface area contributed by atoms with Crippen molar-refractivity contribution in [2.24, 2.45) is 0 Å². The van der Waals surface area contributed by atoms with Gasteiger partial charge in [0.1, 0.15) is 6.04 Å². The molecule has 4 nitrogen and oxygen atoms in total. The maximum Gasteiger partial charge on any atom is 0.327 e. The third-order valence-corrected chi connectivity index (χ3v) is 2.59. The maximum atomic E-state index is 11.7. The lowest BCUT2D eigenvalue weighted by molar-refractivity contribution is -0.143. The number of carbonyl (C=O) groups excluding carboxylic acids is 1. The standard InChI is InChI=1S/C13H19NO3/c1-10-6-4-5-7-11(10)12(13(15)17-3)14-8-9-16-2/h4-7,12,14H,8-9H2,1-3H3. The zero-order valence-electron chi connectivity index (χ0n) is 10.5. The summed E-state index contributed by atoms with van der Waals surface area (Å²) in [6.07, 6.45) is 0. The number of methoxy groups -OCH3 is 2. The zero-order valence-corrected chi connectivity index (χ0v) is 10.5. The maximum absolute atomic E-state index is 11.7. The number of esters is 1. The van der Waals surface area contributed by atoms with E-state index in [-0.39, 0.29) is 5.97 Å². The molecule has 1 aromatic rings. The number of rotatable bonds is 6. The molecule has 0 bridgehead atoms. The van der Waals surface area contributed by atoms with E-state index in [1.54, 1.807) is 7.11 Å². The van der Waals surface area contributed by atoms with Gasteiger partial charge in [-0.15, -0.1) is 0 Å². The van der Waals surface area contributed by atoms with Crippen molar-refractivity contribution in [3.05, 3.63) is 35.4 Å². The first-order valence-electron chi connectivity index (χ1n) is 5.56. The van der Waals surface area contributed by atoms with Crippen molar-refractivity contribution in [3.63, 3.8) is 0 Å². The Morgan fingerprint density at radius 2 is 2.06 bits per heavy atom. The number of nitrogens with one attached hydrogen (secondary N) is 1. The fourth-order valence-electron chi connectivity index (χ4n) is 1.65. The van der Waals surface area contributed by atoms with E-state index < -0.39 is 6.04 Å². The molecule has 0 aromatic heterocycles. The smallest absolute Gasteiger partial charge is 0.327 e. The summed E-state index contributed by atoms with van der Waals surface area (Å²) in [5, 5.41) is 3.13. The minimum Gasteiger partial charge on any atom is -0.468 e. The second kappa shape index (κ2) is 7.04. The number of carbonyl (C=O) groups is 1. The molecule has 0 aliphatic rings. The molecule has 0 radical (unpaired) electrons. The molecule has 1 aromatic carbocycles. The van der Waals surface area contributed by atoms with E-state index in [2.05, 4.69) is 5.32 Å². The minimum atomic E-state index is -0.434. The van der Waals surface area contributed by atoms with Gasteiger partial charge in [0, 0.05) is 13.7 Å². The molecule has 0 aliphatic carbocycles. The van der Waals surface area contributed by atoms with E-state index in [9.17, 15) is 4.79 Å². The monoisotopic (exact) mass is 237 g/mol. The number of hydrogen-bond donors (Lipinski definition) is 1. The first kappa shape index (κ1) is 13.7. The van der Waals surface area contributed by atoms with Gasteiger partial charge in [-0.3, -0.25) is 5.32 Å². The van der Waals surface area contributed by atoms with Gasteiger partial charge < -0.3 is 9.47 Å². The van der Waals surface area contributed by atoms with Crippen LogP contribution in [-0.4, -0.2) is 33.3 Å². The van der Waals surface area contributed by atoms with E-state index in [0.717, 1.165) is 11.1 Å². The van der Waals surface area contributed by atoms with Crippen LogP contribution in [0.4, 0.5) is 0 Å². The topological polar surface area (TPSA) is 47.6 Å². The van der Waals surface area contributed by atoms with Crippen LogP contribution in [0.25, 0.3) is 0 Å². The summed E-state index contributed by atoms with van der Waals surface area (Å²) in [5.74, 6) is -0.282. The van der Waals surface area contributed by atoms with Gasteiger partial charge in [0.2, 0.25) is 0 Å². The molecule has 94 valence electrons. The predicted octanol–water partition coefficient (Wildman–Crippen LogP) is 1.45. The molecule has 1 unspecified atom stereocenters. The molecule has 1 rings (SSSR count). The third kappa shape index (κ3) is 3.84. The number of aryl methyl sites for hydroxylation is 1. The molecule has 17 heavy (non-hydrogen) atoms. The lowest BCUT2D eigenvalue weighted by Gasteiger charge is -2.18. The van der Waals surface area contributed by atoms with Gasteiger partial charge >= 0.3 is 5.97 Å². The Morgan fingerprint density at radius 1 is 1.35 bits per heavy atom. The highest BCUT2D eigenvalue weighted by Crippen LogP contribution is 2.18. The number of ether oxygens (including phenoxy) is 2. The Bertz CT molecular complexity index is 365. The second-order valence-electron chi connectivity index (χ2n) is 3.76. The summed E-state index contributed by atoms with van der Waals surface area (Å²) in [7, 11) is 3.02. The van der Waals surface area contributed by atoms with Gasteiger partial charge in [-0.2, -0.15) is 0 Å². The van der Waals surface area contributed by atoms with Crippen LogP contribution in [0.15, 0.2) is 24.3 Å². The van der Waals surface area contributed by atoms with Crippen molar-refractivity contribution < 1.29 is 14.3 Å². The molecule has 0 heterocycles. The summed E-state index contributed by atoms with van der Waals surface area (Å²) < 4.78 is 9.77. The van der Waals surface area contributed by atoms with E-state index in [1.165, 1.54) is 7.11 Å². The van der Waals surface area contributed by atoms with E-state index in [1.807, 2.05) is 31.2 Å². The second-order valence-corrected chi connectivity index (χ2v) is 3.76. The summed E-state index contributed by atoms with van der Waals surface area (Å²) in [4.78, 5) is 11.7. The van der Waals surface area contributed by atoms with Crippen LogP contribution in [0, 0.1) is 6.92 Å². The largest absolute Gasteiger partial charge is 0.468 e. The summed E-state index contributed by atoms with van der Waals surface area (Å²) in [6, 6.07) is 7.33. The average molecular weight is 237 g/mol. The Kier molecular flexibility index (Phi) is 5.66. The molecule has 0 saturated heterocycles. The van der Waals surface area contributed by atoms with Gasteiger partial charge in [-0.1, -0.05) is 24.3 Å². The molecule has 1 N–H and O–H groups in total. The van der Waals surface area contributed by atoms with Crippen LogP contribution < -0.4 is 5.32 Å². The van der Waals surface area contributed by atoms with Crippen LogP contribution in [0.2, 0.25) is 0 Å². The Hall–Kier alpha value is -1.39. The Labute approximate surface area is 102 Å². The van der Waals surface area contributed by atoms with E-state index >= 15 is 0 Å². The molecular formula is C13H19NO3. The van der Waals surface area contributed by atoms with Gasteiger partial charge in [0.05, 0.1) is 13.7 Å². The molecule has 0 spiro atoms. The normalized spacial score (nSPS) is 12.2. The summed E-state index contributed by atoms with van der Waals surface area (Å²) in [5.41, 5.74) is 2.00.